The van der Waals surface area contributed by atoms with Crippen molar-refractivity contribution in [1.29, 1.82) is 0 Å². The molecule has 2 aliphatic heterocycles. The van der Waals surface area contributed by atoms with Crippen LogP contribution in [0.4, 0.5) is 0 Å². The van der Waals surface area contributed by atoms with Crippen molar-refractivity contribution in [3.8, 4) is 0 Å². The molecule has 0 aromatic carbocycles. The second-order valence-electron chi connectivity index (χ2n) is 5.58. The molecule has 2 rings (SSSR count). The maximum atomic E-state index is 12.0. The first-order valence-electron chi connectivity index (χ1n) is 7.01. The summed E-state index contributed by atoms with van der Waals surface area (Å²) in [7, 11) is 3.92. The molecule has 0 saturated carbocycles. The number of nitrogens with zero attached hydrogens (tertiary/aromatic N) is 2. The van der Waals surface area contributed by atoms with Crippen LogP contribution in [0.5, 0.6) is 0 Å². The van der Waals surface area contributed by atoms with E-state index >= 15 is 0 Å². The number of carbonyl (C=O) groups is 1. The van der Waals surface area contributed by atoms with E-state index < -0.39 is 0 Å². The van der Waals surface area contributed by atoms with Gasteiger partial charge in [-0.25, -0.2) is 0 Å². The molecule has 3 atom stereocenters. The molecule has 0 radical (unpaired) electrons. The molecule has 5 nitrogen and oxygen atoms in total. The number of rotatable bonds is 2. The first-order valence-corrected chi connectivity index (χ1v) is 7.01. The van der Waals surface area contributed by atoms with Gasteiger partial charge in [0.1, 0.15) is 6.04 Å². The quantitative estimate of drug-likeness (QED) is 0.697. The molecule has 5 heteroatoms. The molecule has 2 N–H and O–H groups in total. The van der Waals surface area contributed by atoms with E-state index in [4.69, 9.17) is 0 Å². The Labute approximate surface area is 110 Å². The molecule has 2 saturated heterocycles. The third kappa shape index (κ3) is 2.84. The van der Waals surface area contributed by atoms with Crippen LogP contribution in [0.2, 0.25) is 0 Å². The number of likely N-dealkylation sites (N-methyl/N-ethyl adjacent to an activating group) is 1. The molecule has 0 bridgehead atoms. The average molecular weight is 254 g/mol. The van der Waals surface area contributed by atoms with E-state index in [0.717, 1.165) is 26.2 Å². The van der Waals surface area contributed by atoms with Crippen LogP contribution in [-0.2, 0) is 4.79 Å². The van der Waals surface area contributed by atoms with E-state index in [1.807, 2.05) is 0 Å². The molecule has 2 aliphatic rings. The molecule has 0 spiro atoms. The number of amides is 1. The Balaban J connectivity index is 2.02. The monoisotopic (exact) mass is 254 g/mol. The number of piperidine rings is 1. The van der Waals surface area contributed by atoms with Gasteiger partial charge >= 0.3 is 0 Å². The summed E-state index contributed by atoms with van der Waals surface area (Å²) in [6, 6.07) is 1.17. The highest BCUT2D eigenvalue weighted by atomic mass is 16.2. The van der Waals surface area contributed by atoms with Crippen LogP contribution in [0.25, 0.3) is 0 Å². The van der Waals surface area contributed by atoms with Gasteiger partial charge in [-0.3, -0.25) is 9.69 Å². The highest BCUT2D eigenvalue weighted by molar-refractivity contribution is 5.81. The molecule has 1 amide bonds. The van der Waals surface area contributed by atoms with E-state index in [1.165, 1.54) is 12.8 Å². The highest BCUT2D eigenvalue weighted by Crippen LogP contribution is 2.23. The van der Waals surface area contributed by atoms with Crippen molar-refractivity contribution in [3.63, 3.8) is 0 Å². The molecule has 2 heterocycles. The number of hydrogen-bond donors (Lipinski definition) is 2. The predicted octanol–water partition coefficient (Wildman–Crippen LogP) is -0.511. The largest absolute Gasteiger partial charge is 0.358 e. The first kappa shape index (κ1) is 13.8. The summed E-state index contributed by atoms with van der Waals surface area (Å²) in [5.41, 5.74) is 0. The minimum atomic E-state index is 0.00403. The fraction of sp³-hybridized carbons (Fsp3) is 0.923. The SMILES string of the molecule is CNC(=O)C1CNCCN1C1CCN(C)C(C)C1. The van der Waals surface area contributed by atoms with Crippen LogP contribution in [0.15, 0.2) is 0 Å². The van der Waals surface area contributed by atoms with E-state index in [1.54, 1.807) is 7.05 Å². The zero-order valence-corrected chi connectivity index (χ0v) is 11.8. The van der Waals surface area contributed by atoms with E-state index in [0.29, 0.717) is 12.1 Å². The second-order valence-corrected chi connectivity index (χ2v) is 5.58. The van der Waals surface area contributed by atoms with Gasteiger partial charge in [-0.15, -0.1) is 0 Å². The molecular weight excluding hydrogens is 228 g/mol. The third-order valence-electron chi connectivity index (χ3n) is 4.48. The Morgan fingerprint density at radius 1 is 1.39 bits per heavy atom. The van der Waals surface area contributed by atoms with Gasteiger partial charge in [-0.05, 0) is 33.4 Å². The smallest absolute Gasteiger partial charge is 0.238 e. The fourth-order valence-electron chi connectivity index (χ4n) is 3.13. The van der Waals surface area contributed by atoms with Crippen molar-refractivity contribution >= 4 is 5.91 Å². The summed E-state index contributed by atoms with van der Waals surface area (Å²) in [4.78, 5) is 16.8. The van der Waals surface area contributed by atoms with Gasteiger partial charge in [0.25, 0.3) is 0 Å². The Morgan fingerprint density at radius 3 is 2.83 bits per heavy atom. The van der Waals surface area contributed by atoms with Gasteiger partial charge in [-0.2, -0.15) is 0 Å². The van der Waals surface area contributed by atoms with Crippen LogP contribution in [-0.4, -0.2) is 74.1 Å². The topological polar surface area (TPSA) is 47.6 Å². The first-order chi connectivity index (χ1) is 8.63. The van der Waals surface area contributed by atoms with Gasteiger partial charge in [0.2, 0.25) is 5.91 Å². The number of carbonyl (C=O) groups excluding carboxylic acids is 1. The zero-order valence-electron chi connectivity index (χ0n) is 11.8. The Kier molecular flexibility index (Phi) is 4.59. The average Bonchev–Trinajstić information content (AvgIpc) is 2.41. The minimum absolute atomic E-state index is 0.00403. The highest BCUT2D eigenvalue weighted by Gasteiger charge is 2.35. The van der Waals surface area contributed by atoms with Crippen molar-refractivity contribution in [1.82, 2.24) is 20.4 Å². The lowest BCUT2D eigenvalue weighted by Gasteiger charge is -2.45. The lowest BCUT2D eigenvalue weighted by Crippen LogP contribution is -2.62. The molecule has 2 fully saturated rings. The molecule has 3 unspecified atom stereocenters. The third-order valence-corrected chi connectivity index (χ3v) is 4.48. The second kappa shape index (κ2) is 5.99. The number of hydrogen-bond acceptors (Lipinski definition) is 4. The van der Waals surface area contributed by atoms with Crippen LogP contribution in [0, 0.1) is 0 Å². The van der Waals surface area contributed by atoms with Crippen molar-refractivity contribution in [2.75, 3.05) is 40.3 Å². The Bertz CT molecular complexity index is 297. The summed E-state index contributed by atoms with van der Waals surface area (Å²) in [5, 5.41) is 6.12. The molecule has 0 aliphatic carbocycles. The number of piperazine rings is 1. The van der Waals surface area contributed by atoms with Gasteiger partial charge in [0.05, 0.1) is 0 Å². The van der Waals surface area contributed by atoms with E-state index in [-0.39, 0.29) is 11.9 Å². The lowest BCUT2D eigenvalue weighted by atomic mass is 9.95. The van der Waals surface area contributed by atoms with Crippen molar-refractivity contribution in [2.24, 2.45) is 0 Å². The van der Waals surface area contributed by atoms with Crippen LogP contribution < -0.4 is 10.6 Å². The fourth-order valence-corrected chi connectivity index (χ4v) is 3.13. The summed E-state index contributed by atoms with van der Waals surface area (Å²) >= 11 is 0. The maximum absolute atomic E-state index is 12.0. The van der Waals surface area contributed by atoms with Gasteiger partial charge in [-0.1, -0.05) is 0 Å². The lowest BCUT2D eigenvalue weighted by molar-refractivity contribution is -0.128. The molecule has 104 valence electrons. The Morgan fingerprint density at radius 2 is 2.17 bits per heavy atom. The number of nitrogens with one attached hydrogen (secondary N) is 2. The van der Waals surface area contributed by atoms with Crippen LogP contribution in [0.1, 0.15) is 19.8 Å². The molecule has 0 aromatic rings. The summed E-state index contributed by atoms with van der Waals surface area (Å²) < 4.78 is 0. The maximum Gasteiger partial charge on any atom is 0.238 e. The zero-order chi connectivity index (χ0) is 13.1. The normalized spacial score (nSPS) is 35.4. The van der Waals surface area contributed by atoms with Crippen molar-refractivity contribution in [2.45, 2.75) is 37.9 Å². The van der Waals surface area contributed by atoms with E-state index in [9.17, 15) is 4.79 Å². The Hall–Kier alpha value is -0.650. The minimum Gasteiger partial charge on any atom is -0.358 e. The molecule has 0 aromatic heterocycles. The van der Waals surface area contributed by atoms with Crippen molar-refractivity contribution in [3.05, 3.63) is 0 Å². The van der Waals surface area contributed by atoms with Gasteiger partial charge < -0.3 is 15.5 Å². The number of likely N-dealkylation sites (tertiary alicyclic amines) is 1. The molecular formula is C13H26N4O. The van der Waals surface area contributed by atoms with Crippen LogP contribution in [0.3, 0.4) is 0 Å². The van der Waals surface area contributed by atoms with Crippen LogP contribution >= 0.6 is 0 Å². The standard InChI is InChI=1S/C13H26N4O/c1-10-8-11(4-6-16(10)3)17-7-5-15-9-12(17)13(18)14-2/h10-12,15H,4-9H2,1-3H3,(H,14,18). The summed E-state index contributed by atoms with van der Waals surface area (Å²) in [5.74, 6) is 0.147. The van der Waals surface area contributed by atoms with Gasteiger partial charge in [0, 0.05) is 38.8 Å². The summed E-state index contributed by atoms with van der Waals surface area (Å²) in [6.07, 6.45) is 2.35. The van der Waals surface area contributed by atoms with Crippen molar-refractivity contribution < 1.29 is 4.79 Å². The van der Waals surface area contributed by atoms with E-state index in [2.05, 4.69) is 34.4 Å². The summed E-state index contributed by atoms with van der Waals surface area (Å²) in [6.45, 7) is 6.17. The molecule has 18 heavy (non-hydrogen) atoms. The predicted molar refractivity (Wildman–Crippen MR) is 72.5 cm³/mol. The van der Waals surface area contributed by atoms with Gasteiger partial charge in [0.15, 0.2) is 0 Å².